The van der Waals surface area contributed by atoms with Crippen LogP contribution in [0.15, 0.2) is 48.5 Å². The molecule has 0 saturated carbocycles. The third-order valence-corrected chi connectivity index (χ3v) is 19.3. The van der Waals surface area contributed by atoms with Crippen LogP contribution in [0.1, 0.15) is 24.0 Å². The molecular formula is C30H28N6O6S4. The van der Waals surface area contributed by atoms with Crippen LogP contribution in [-0.2, 0) is 30.0 Å². The van der Waals surface area contributed by atoms with E-state index in [-0.39, 0.29) is 36.5 Å². The lowest BCUT2D eigenvalue weighted by Crippen LogP contribution is -2.77. The lowest BCUT2D eigenvalue weighted by molar-refractivity contribution is -0.166. The van der Waals surface area contributed by atoms with E-state index in [0.29, 0.717) is 0 Å². The first kappa shape index (κ1) is 28.3. The maximum Gasteiger partial charge on any atom is 0.265 e. The molecule has 10 heterocycles. The van der Waals surface area contributed by atoms with Crippen molar-refractivity contribution in [2.24, 2.45) is 0 Å². The summed E-state index contributed by atoms with van der Waals surface area (Å²) in [6.07, 6.45) is -1.01. The highest BCUT2D eigenvalue weighted by Gasteiger charge is 2.87. The van der Waals surface area contributed by atoms with E-state index >= 15 is 0 Å². The molecule has 10 aliphatic heterocycles. The van der Waals surface area contributed by atoms with Crippen molar-refractivity contribution in [1.29, 1.82) is 0 Å². The van der Waals surface area contributed by atoms with Crippen molar-refractivity contribution >= 4 is 78.2 Å². The maximum absolute atomic E-state index is 14.7. The molecule has 8 saturated heterocycles. The van der Waals surface area contributed by atoms with Crippen LogP contribution in [0.5, 0.6) is 0 Å². The zero-order valence-electron chi connectivity index (χ0n) is 24.6. The molecule has 2 aromatic rings. The van der Waals surface area contributed by atoms with E-state index in [2.05, 4.69) is 10.6 Å². The van der Waals surface area contributed by atoms with E-state index in [9.17, 15) is 29.4 Å². The summed E-state index contributed by atoms with van der Waals surface area (Å²) >= 11 is 0. The van der Waals surface area contributed by atoms with Crippen molar-refractivity contribution in [3.8, 4) is 0 Å². The first-order valence-electron chi connectivity index (χ1n) is 15.0. The molecule has 10 aliphatic rings. The number of para-hydroxylation sites is 2. The molecule has 8 fully saturated rings. The average Bonchev–Trinajstić information content (AvgIpc) is 3.75. The minimum Gasteiger partial charge on any atom is -0.392 e. The van der Waals surface area contributed by atoms with Gasteiger partial charge in [0.1, 0.15) is 12.3 Å². The highest BCUT2D eigenvalue weighted by molar-refractivity contribution is 8.78. The SMILES string of the molecule is CN1C(=O)[C@@]23C[C@]4([C@]56C[C@@]78SS[C@](CO)(C(=O)N7[C@H]5Nc5ccccc56)N(C)C8=O)c5ccccc5N[C@@H]4N2C(=O)[C@]1(CO)SS3. The van der Waals surface area contributed by atoms with E-state index in [1.165, 1.54) is 53.0 Å². The third-order valence-electron chi connectivity index (χ3n) is 12.0. The normalized spacial score (nSPS) is 43.7. The molecule has 2 aromatic carbocycles. The number of anilines is 2. The second kappa shape index (κ2) is 8.26. The Hall–Kier alpha value is -2.76. The molecule has 12 rings (SSSR count). The highest BCUT2D eigenvalue weighted by Crippen LogP contribution is 2.78. The first-order valence-corrected chi connectivity index (χ1v) is 19.3. The van der Waals surface area contributed by atoms with E-state index < -0.39 is 55.9 Å². The van der Waals surface area contributed by atoms with Gasteiger partial charge in [-0.25, -0.2) is 0 Å². The lowest BCUT2D eigenvalue weighted by Gasteiger charge is -2.57. The Balaban J connectivity index is 1.29. The van der Waals surface area contributed by atoms with Crippen LogP contribution >= 0.6 is 43.2 Å². The van der Waals surface area contributed by atoms with E-state index in [0.717, 1.165) is 22.5 Å². The summed E-state index contributed by atoms with van der Waals surface area (Å²) in [6.45, 7) is -1.07. The fourth-order valence-electron chi connectivity index (χ4n) is 9.92. The van der Waals surface area contributed by atoms with Crippen LogP contribution in [0.2, 0.25) is 0 Å². The Bertz CT molecular complexity index is 1740. The number of piperazine rings is 2. The Morgan fingerprint density at radius 1 is 0.652 bits per heavy atom. The number of rotatable bonds is 3. The Labute approximate surface area is 279 Å². The van der Waals surface area contributed by atoms with Gasteiger partial charge in [0.2, 0.25) is 9.74 Å². The number of carbonyl (C=O) groups is 4. The van der Waals surface area contributed by atoms with Gasteiger partial charge in [-0.05, 0) is 44.8 Å². The minimum absolute atomic E-state index is 0.223. The third kappa shape index (κ3) is 2.48. The quantitative estimate of drug-likeness (QED) is 0.344. The fourth-order valence-corrected chi connectivity index (χ4v) is 17.2. The van der Waals surface area contributed by atoms with Crippen molar-refractivity contribution in [1.82, 2.24) is 19.6 Å². The number of fused-ring (bicyclic) bond motifs is 11. The lowest BCUT2D eigenvalue weighted by atomic mass is 9.54. The number of nitrogens with zero attached hydrogens (tertiary/aromatic N) is 4. The molecule has 0 aromatic heterocycles. The smallest absolute Gasteiger partial charge is 0.265 e. The van der Waals surface area contributed by atoms with Gasteiger partial charge in [-0.2, -0.15) is 0 Å². The molecule has 16 heteroatoms. The number of hydrogen-bond donors (Lipinski definition) is 4. The van der Waals surface area contributed by atoms with Crippen molar-refractivity contribution < 1.29 is 29.4 Å². The molecule has 12 nitrogen and oxygen atoms in total. The Morgan fingerprint density at radius 2 is 1.04 bits per heavy atom. The van der Waals surface area contributed by atoms with Gasteiger partial charge in [-0.3, -0.25) is 29.0 Å². The van der Waals surface area contributed by atoms with Gasteiger partial charge in [-0.1, -0.05) is 58.0 Å². The van der Waals surface area contributed by atoms with Crippen molar-refractivity contribution in [2.45, 2.75) is 55.5 Å². The molecule has 4 bridgehead atoms. The van der Waals surface area contributed by atoms with Gasteiger partial charge in [-0.15, -0.1) is 0 Å². The molecule has 2 spiro atoms. The highest BCUT2D eigenvalue weighted by atomic mass is 33.1. The van der Waals surface area contributed by atoms with Crippen LogP contribution < -0.4 is 10.6 Å². The van der Waals surface area contributed by atoms with Crippen molar-refractivity contribution in [2.75, 3.05) is 37.9 Å². The Morgan fingerprint density at radius 3 is 1.43 bits per heavy atom. The Kier molecular flexibility index (Phi) is 5.08. The number of hydrogen-bond acceptors (Lipinski definition) is 12. The number of aliphatic hydroxyl groups excluding tert-OH is 2. The van der Waals surface area contributed by atoms with Crippen molar-refractivity contribution in [3.05, 3.63) is 59.7 Å². The number of aliphatic hydroxyl groups is 2. The average molecular weight is 697 g/mol. The standard InChI is InChI=1S/C30H28N6O6S4/c1-33-21(39)27-11-25(15-7-3-5-9-17(15)31-19(25)35(27)23(41)29(33,13-37)45-43-27)26-12-28-22(40)34(2)30(14-38,46-44-28)24(42)36(28)20(26)32-18-10-6-4-8-16(18)26/h3-10,19-20,31-32,37-38H,11-14H2,1-2H3/t19-,20-,25+,26+,27+,28+,29-,30+/m1/s1. The van der Waals surface area contributed by atoms with Gasteiger partial charge in [0.05, 0.1) is 24.0 Å². The second-order valence-electron chi connectivity index (χ2n) is 13.3. The summed E-state index contributed by atoms with van der Waals surface area (Å²) in [6, 6.07) is 15.8. The molecule has 238 valence electrons. The van der Waals surface area contributed by atoms with Crippen LogP contribution in [0.4, 0.5) is 11.4 Å². The maximum atomic E-state index is 14.7. The second-order valence-corrected chi connectivity index (χ2v) is 18.7. The van der Waals surface area contributed by atoms with Crippen LogP contribution in [0.3, 0.4) is 0 Å². The monoisotopic (exact) mass is 696 g/mol. The van der Waals surface area contributed by atoms with Crippen LogP contribution in [0, 0.1) is 0 Å². The first-order chi connectivity index (χ1) is 22.1. The summed E-state index contributed by atoms with van der Waals surface area (Å²) in [4.78, 5) is 59.0. The number of nitrogens with one attached hydrogen (secondary N) is 2. The number of likely N-dealkylation sites (N-methyl/N-ethyl adjacent to an activating group) is 2. The molecule has 0 aliphatic carbocycles. The van der Waals surface area contributed by atoms with Gasteiger partial charge in [0.15, 0.2) is 9.74 Å². The van der Waals surface area contributed by atoms with Gasteiger partial charge in [0.25, 0.3) is 23.6 Å². The summed E-state index contributed by atoms with van der Waals surface area (Å²) in [5.41, 5.74) is 1.45. The van der Waals surface area contributed by atoms with Crippen LogP contribution in [0.25, 0.3) is 0 Å². The number of carbonyl (C=O) groups excluding carboxylic acids is 4. The molecule has 0 radical (unpaired) electrons. The van der Waals surface area contributed by atoms with Crippen molar-refractivity contribution in [3.63, 3.8) is 0 Å². The molecular weight excluding hydrogens is 669 g/mol. The zero-order valence-corrected chi connectivity index (χ0v) is 27.8. The summed E-state index contributed by atoms with van der Waals surface area (Å²) < 4.78 is 0. The molecule has 0 unspecified atom stereocenters. The molecule has 46 heavy (non-hydrogen) atoms. The number of amides is 4. The molecule has 4 N–H and O–H groups in total. The summed E-state index contributed by atoms with van der Waals surface area (Å²) in [5.74, 6) is -1.19. The molecule has 8 atom stereocenters. The topological polar surface area (TPSA) is 146 Å². The van der Waals surface area contributed by atoms with Gasteiger partial charge in [0, 0.05) is 38.3 Å². The number of benzene rings is 2. The van der Waals surface area contributed by atoms with Gasteiger partial charge >= 0.3 is 0 Å². The van der Waals surface area contributed by atoms with E-state index in [1.807, 2.05) is 48.5 Å². The fraction of sp³-hybridized carbons (Fsp3) is 0.467. The van der Waals surface area contributed by atoms with E-state index in [4.69, 9.17) is 0 Å². The predicted molar refractivity (Wildman–Crippen MR) is 175 cm³/mol. The summed E-state index contributed by atoms with van der Waals surface area (Å²) in [5, 5.41) is 28.6. The van der Waals surface area contributed by atoms with E-state index in [1.54, 1.807) is 23.9 Å². The predicted octanol–water partition coefficient (Wildman–Crippen LogP) is 1.33. The minimum atomic E-state index is -1.47. The molecule has 4 amide bonds. The largest absolute Gasteiger partial charge is 0.392 e. The summed E-state index contributed by atoms with van der Waals surface area (Å²) in [7, 11) is 8.28. The van der Waals surface area contributed by atoms with Crippen LogP contribution in [-0.4, -0.2) is 113 Å². The zero-order chi connectivity index (χ0) is 31.8. The van der Waals surface area contributed by atoms with Gasteiger partial charge < -0.3 is 30.6 Å².